The van der Waals surface area contributed by atoms with Gasteiger partial charge in [0, 0.05) is 13.1 Å². The summed E-state index contributed by atoms with van der Waals surface area (Å²) in [6.45, 7) is 5.44. The quantitative estimate of drug-likeness (QED) is 0.862. The molecule has 0 saturated carbocycles. The van der Waals surface area contributed by atoms with E-state index in [9.17, 15) is 4.79 Å². The van der Waals surface area contributed by atoms with Crippen molar-refractivity contribution in [1.29, 1.82) is 0 Å². The van der Waals surface area contributed by atoms with Crippen molar-refractivity contribution in [2.24, 2.45) is 0 Å². The molecule has 116 valence electrons. The average molecular weight is 318 g/mol. The summed E-state index contributed by atoms with van der Waals surface area (Å²) in [6, 6.07) is 8.52. The normalized spacial score (nSPS) is 18.0. The Morgan fingerprint density at radius 1 is 1.45 bits per heavy atom. The summed E-state index contributed by atoms with van der Waals surface area (Å²) in [5.41, 5.74) is 2.92. The van der Waals surface area contributed by atoms with Crippen molar-refractivity contribution in [1.82, 2.24) is 14.7 Å². The summed E-state index contributed by atoms with van der Waals surface area (Å²) in [5.74, 6) is -0.0200. The monoisotopic (exact) mass is 317 g/mol. The predicted molar refractivity (Wildman–Crippen MR) is 87.1 cm³/mol. The van der Waals surface area contributed by atoms with Crippen LogP contribution in [0.25, 0.3) is 0 Å². The van der Waals surface area contributed by atoms with Gasteiger partial charge in [-0.3, -0.25) is 9.48 Å². The van der Waals surface area contributed by atoms with Crippen LogP contribution in [0.3, 0.4) is 0 Å². The molecule has 3 rings (SSSR count). The van der Waals surface area contributed by atoms with Crippen LogP contribution in [0.4, 0.5) is 0 Å². The standard InChI is InChI=1S/C17H20ClN3O/c1-3-21-16(14(18)11-19-21)17(22)20-9-5-8-15(20)13-7-4-6-12(2)10-13/h4,6-7,10-11,15H,3,5,8-9H2,1-2H3. The summed E-state index contributed by atoms with van der Waals surface area (Å²) in [5, 5.41) is 4.61. The third kappa shape index (κ3) is 2.63. The van der Waals surface area contributed by atoms with Gasteiger partial charge in [0.15, 0.2) is 0 Å². The first-order valence-electron chi connectivity index (χ1n) is 7.70. The van der Waals surface area contributed by atoms with Gasteiger partial charge in [-0.05, 0) is 32.3 Å². The molecule has 2 heterocycles. The zero-order valence-corrected chi connectivity index (χ0v) is 13.7. The molecule has 1 aliphatic heterocycles. The lowest BCUT2D eigenvalue weighted by molar-refractivity contribution is 0.0723. The van der Waals surface area contributed by atoms with Crippen molar-refractivity contribution in [3.63, 3.8) is 0 Å². The zero-order valence-electron chi connectivity index (χ0n) is 12.9. The molecule has 0 bridgehead atoms. The van der Waals surface area contributed by atoms with Gasteiger partial charge in [0.05, 0.1) is 17.3 Å². The van der Waals surface area contributed by atoms with Gasteiger partial charge in [0.2, 0.25) is 0 Å². The summed E-state index contributed by atoms with van der Waals surface area (Å²) in [4.78, 5) is 14.9. The number of amides is 1. The number of aromatic nitrogens is 2. The van der Waals surface area contributed by atoms with Gasteiger partial charge >= 0.3 is 0 Å². The fourth-order valence-corrected chi connectivity index (χ4v) is 3.41. The number of carbonyl (C=O) groups is 1. The second-order valence-electron chi connectivity index (χ2n) is 5.73. The minimum atomic E-state index is -0.0200. The number of aryl methyl sites for hydroxylation is 2. The van der Waals surface area contributed by atoms with Crippen molar-refractivity contribution >= 4 is 17.5 Å². The number of rotatable bonds is 3. The first-order chi connectivity index (χ1) is 10.6. The van der Waals surface area contributed by atoms with Crippen LogP contribution in [0, 0.1) is 6.92 Å². The Hall–Kier alpha value is -1.81. The number of benzene rings is 1. The number of likely N-dealkylation sites (tertiary alicyclic amines) is 1. The molecule has 1 atom stereocenters. The van der Waals surface area contributed by atoms with Crippen LogP contribution in [0.1, 0.15) is 47.4 Å². The minimum Gasteiger partial charge on any atom is -0.330 e. The lowest BCUT2D eigenvalue weighted by Crippen LogP contribution is -2.32. The van der Waals surface area contributed by atoms with Crippen LogP contribution in [0.5, 0.6) is 0 Å². The van der Waals surface area contributed by atoms with E-state index >= 15 is 0 Å². The molecule has 1 saturated heterocycles. The number of hydrogen-bond donors (Lipinski definition) is 0. The lowest BCUT2D eigenvalue weighted by atomic mass is 10.0. The van der Waals surface area contributed by atoms with Crippen molar-refractivity contribution in [2.45, 2.75) is 39.3 Å². The maximum absolute atomic E-state index is 13.0. The Morgan fingerprint density at radius 3 is 3.00 bits per heavy atom. The molecule has 1 aromatic heterocycles. The van der Waals surface area contributed by atoms with Gasteiger partial charge in [0.25, 0.3) is 5.91 Å². The van der Waals surface area contributed by atoms with E-state index in [4.69, 9.17) is 11.6 Å². The molecule has 1 fully saturated rings. The molecule has 4 nitrogen and oxygen atoms in total. The van der Waals surface area contributed by atoms with Crippen LogP contribution in [-0.2, 0) is 6.54 Å². The molecular weight excluding hydrogens is 298 g/mol. The molecule has 1 unspecified atom stereocenters. The van der Waals surface area contributed by atoms with Gasteiger partial charge in [-0.15, -0.1) is 0 Å². The molecular formula is C17H20ClN3O. The number of nitrogens with zero attached hydrogens (tertiary/aromatic N) is 3. The van der Waals surface area contributed by atoms with Gasteiger partial charge in [0.1, 0.15) is 5.69 Å². The molecule has 0 aliphatic carbocycles. The predicted octanol–water partition coefficient (Wildman–Crippen LogP) is 3.84. The average Bonchev–Trinajstić information content (AvgIpc) is 3.13. The van der Waals surface area contributed by atoms with Gasteiger partial charge in [-0.1, -0.05) is 41.4 Å². The third-order valence-corrected chi connectivity index (χ3v) is 4.51. The smallest absolute Gasteiger partial charge is 0.274 e. The largest absolute Gasteiger partial charge is 0.330 e. The highest BCUT2D eigenvalue weighted by atomic mass is 35.5. The first-order valence-corrected chi connectivity index (χ1v) is 8.08. The Balaban J connectivity index is 1.93. The zero-order chi connectivity index (χ0) is 15.7. The summed E-state index contributed by atoms with van der Waals surface area (Å²) in [7, 11) is 0. The number of carbonyl (C=O) groups excluding carboxylic acids is 1. The highest BCUT2D eigenvalue weighted by molar-refractivity contribution is 6.33. The molecule has 2 aromatic rings. The van der Waals surface area contributed by atoms with E-state index in [-0.39, 0.29) is 11.9 Å². The van der Waals surface area contributed by atoms with E-state index < -0.39 is 0 Å². The van der Waals surface area contributed by atoms with E-state index in [2.05, 4.69) is 36.3 Å². The van der Waals surface area contributed by atoms with Crippen LogP contribution in [0.2, 0.25) is 5.02 Å². The molecule has 22 heavy (non-hydrogen) atoms. The summed E-state index contributed by atoms with van der Waals surface area (Å²) in [6.07, 6.45) is 3.56. The Morgan fingerprint density at radius 2 is 2.27 bits per heavy atom. The highest BCUT2D eigenvalue weighted by Gasteiger charge is 2.33. The molecule has 1 aliphatic rings. The first kappa shape index (κ1) is 15.1. The minimum absolute atomic E-state index is 0.0200. The fourth-order valence-electron chi connectivity index (χ4n) is 3.18. The van der Waals surface area contributed by atoms with Crippen LogP contribution in [0.15, 0.2) is 30.5 Å². The van der Waals surface area contributed by atoms with E-state index in [1.54, 1.807) is 10.9 Å². The number of hydrogen-bond acceptors (Lipinski definition) is 2. The van der Waals surface area contributed by atoms with E-state index in [1.165, 1.54) is 11.1 Å². The molecule has 0 N–H and O–H groups in total. The Labute approximate surface area is 135 Å². The summed E-state index contributed by atoms with van der Waals surface area (Å²) >= 11 is 6.19. The molecule has 5 heteroatoms. The SMILES string of the molecule is CCn1ncc(Cl)c1C(=O)N1CCCC1c1cccc(C)c1. The van der Waals surface area contributed by atoms with E-state index in [0.717, 1.165) is 19.4 Å². The molecule has 1 amide bonds. The van der Waals surface area contributed by atoms with Crippen LogP contribution in [-0.4, -0.2) is 27.1 Å². The molecule has 0 radical (unpaired) electrons. The Bertz CT molecular complexity index is 695. The molecule has 0 spiro atoms. The maximum atomic E-state index is 13.0. The topological polar surface area (TPSA) is 38.1 Å². The van der Waals surface area contributed by atoms with Gasteiger partial charge < -0.3 is 4.90 Å². The van der Waals surface area contributed by atoms with Crippen molar-refractivity contribution < 1.29 is 4.79 Å². The fraction of sp³-hybridized carbons (Fsp3) is 0.412. The van der Waals surface area contributed by atoms with E-state index in [0.29, 0.717) is 17.3 Å². The second kappa shape index (κ2) is 6.13. The van der Waals surface area contributed by atoms with Crippen molar-refractivity contribution in [2.75, 3.05) is 6.54 Å². The van der Waals surface area contributed by atoms with Gasteiger partial charge in [-0.25, -0.2) is 0 Å². The third-order valence-electron chi connectivity index (χ3n) is 4.24. The highest BCUT2D eigenvalue weighted by Crippen LogP contribution is 2.34. The second-order valence-corrected chi connectivity index (χ2v) is 6.13. The van der Waals surface area contributed by atoms with E-state index in [1.807, 2.05) is 11.8 Å². The van der Waals surface area contributed by atoms with Crippen LogP contribution >= 0.6 is 11.6 Å². The van der Waals surface area contributed by atoms with Gasteiger partial charge in [-0.2, -0.15) is 5.10 Å². The maximum Gasteiger partial charge on any atom is 0.274 e. The van der Waals surface area contributed by atoms with Crippen molar-refractivity contribution in [3.8, 4) is 0 Å². The summed E-state index contributed by atoms with van der Waals surface area (Å²) < 4.78 is 1.68. The van der Waals surface area contributed by atoms with Crippen molar-refractivity contribution in [3.05, 3.63) is 52.3 Å². The van der Waals surface area contributed by atoms with Crippen LogP contribution < -0.4 is 0 Å². The lowest BCUT2D eigenvalue weighted by Gasteiger charge is -2.25. The number of halogens is 1. The Kier molecular flexibility index (Phi) is 4.21. The molecule has 1 aromatic carbocycles.